The molecule has 0 aliphatic carbocycles. The number of rotatable bonds is 3. The van der Waals surface area contributed by atoms with Gasteiger partial charge in [-0.05, 0) is 6.92 Å². The van der Waals surface area contributed by atoms with Crippen molar-refractivity contribution in [1.29, 1.82) is 0 Å². The van der Waals surface area contributed by atoms with Gasteiger partial charge in [-0.1, -0.05) is 32.6 Å². The van der Waals surface area contributed by atoms with E-state index in [2.05, 4.69) is 6.58 Å². The van der Waals surface area contributed by atoms with E-state index >= 15 is 0 Å². The van der Waals surface area contributed by atoms with Crippen molar-refractivity contribution < 1.29 is 4.79 Å². The smallest absolute Gasteiger partial charge is 0.250 e. The van der Waals surface area contributed by atoms with E-state index in [1.54, 1.807) is 13.0 Å². The molecule has 4 nitrogen and oxygen atoms in total. The monoisotopic (exact) mass is 197 g/mol. The number of allylic oxidation sites excluding steroid dienone is 1. The van der Waals surface area contributed by atoms with Crippen LogP contribution in [-0.2, 0) is 4.79 Å². The molecule has 0 aromatic rings. The van der Waals surface area contributed by atoms with Crippen molar-refractivity contribution in [3.05, 3.63) is 35.7 Å². The Morgan fingerprint density at radius 3 is 1.86 bits per heavy atom. The summed E-state index contributed by atoms with van der Waals surface area (Å²) < 4.78 is 0. The zero-order valence-corrected chi connectivity index (χ0v) is 9.00. The maximum absolute atomic E-state index is 10.7. The van der Waals surface area contributed by atoms with Gasteiger partial charge in [0.15, 0.2) is 0 Å². The van der Waals surface area contributed by atoms with E-state index in [1.807, 2.05) is 13.8 Å². The molecule has 0 heterocycles. The van der Waals surface area contributed by atoms with Crippen molar-refractivity contribution in [1.82, 2.24) is 0 Å². The molecule has 0 spiro atoms. The third-order valence-electron chi connectivity index (χ3n) is 1.38. The number of nitrogens with two attached hydrogens (primary N) is 3. The lowest BCUT2D eigenvalue weighted by Gasteiger charge is -2.04. The predicted molar refractivity (Wildman–Crippen MR) is 59.9 cm³/mol. The number of hydrogen-bond acceptors (Lipinski definition) is 3. The normalized spacial score (nSPS) is 12.1. The minimum Gasteiger partial charge on any atom is -0.397 e. The maximum Gasteiger partial charge on any atom is 0.250 e. The highest BCUT2D eigenvalue weighted by Gasteiger charge is 2.06. The number of primary amides is 1. The average Bonchev–Trinajstić information content (AvgIpc) is 2.20. The van der Waals surface area contributed by atoms with Crippen LogP contribution in [0.2, 0.25) is 0 Å². The zero-order chi connectivity index (χ0) is 11.7. The Kier molecular flexibility index (Phi) is 8.36. The Balaban J connectivity index is 0. The predicted octanol–water partition coefficient (Wildman–Crippen LogP) is 0.759. The Morgan fingerprint density at radius 2 is 1.64 bits per heavy atom. The Labute approximate surface area is 85.1 Å². The van der Waals surface area contributed by atoms with E-state index in [-0.39, 0.29) is 11.3 Å². The van der Waals surface area contributed by atoms with Gasteiger partial charge < -0.3 is 17.2 Å². The van der Waals surface area contributed by atoms with Crippen LogP contribution in [-0.4, -0.2) is 5.91 Å². The standard InChI is InChI=1S/C8H13N3O.C2H6/c1-3-5(8(11)12)7(10)6(9)4-2;1-2/h3-4H,1,9-10H2,2H3,(H2,11,12);1-2H3/b6-4+,7-5-;. The van der Waals surface area contributed by atoms with Crippen molar-refractivity contribution in [2.24, 2.45) is 17.2 Å². The van der Waals surface area contributed by atoms with Gasteiger partial charge in [-0.15, -0.1) is 0 Å². The summed E-state index contributed by atoms with van der Waals surface area (Å²) in [5, 5.41) is 0. The molecular weight excluding hydrogens is 178 g/mol. The van der Waals surface area contributed by atoms with Crippen LogP contribution < -0.4 is 17.2 Å². The van der Waals surface area contributed by atoms with Gasteiger partial charge in [0.2, 0.25) is 0 Å². The van der Waals surface area contributed by atoms with Crippen molar-refractivity contribution in [3.63, 3.8) is 0 Å². The molecule has 0 fully saturated rings. The van der Waals surface area contributed by atoms with Crippen LogP contribution in [0.3, 0.4) is 0 Å². The molecule has 0 aromatic carbocycles. The Bertz CT molecular complexity index is 265. The molecule has 6 N–H and O–H groups in total. The summed E-state index contributed by atoms with van der Waals surface area (Å²) in [5.74, 6) is -0.632. The van der Waals surface area contributed by atoms with Crippen molar-refractivity contribution >= 4 is 5.91 Å². The fourth-order valence-electron chi connectivity index (χ4n) is 0.654. The van der Waals surface area contributed by atoms with E-state index < -0.39 is 5.91 Å². The van der Waals surface area contributed by atoms with Crippen LogP contribution in [0.15, 0.2) is 35.7 Å². The number of carbonyl (C=O) groups is 1. The second-order valence-electron chi connectivity index (χ2n) is 2.14. The lowest BCUT2D eigenvalue weighted by atomic mass is 10.1. The molecule has 0 radical (unpaired) electrons. The van der Waals surface area contributed by atoms with E-state index in [0.717, 1.165) is 0 Å². The quantitative estimate of drug-likeness (QED) is 0.460. The summed E-state index contributed by atoms with van der Waals surface area (Å²) >= 11 is 0. The van der Waals surface area contributed by atoms with Crippen LogP contribution >= 0.6 is 0 Å². The fraction of sp³-hybridized carbons (Fsp3) is 0.300. The minimum atomic E-state index is -0.632. The van der Waals surface area contributed by atoms with Gasteiger partial charge in [0.05, 0.1) is 17.0 Å². The molecule has 0 bridgehead atoms. The van der Waals surface area contributed by atoms with Crippen LogP contribution in [0.1, 0.15) is 20.8 Å². The lowest BCUT2D eigenvalue weighted by Crippen LogP contribution is -2.20. The molecule has 14 heavy (non-hydrogen) atoms. The second-order valence-corrected chi connectivity index (χ2v) is 2.14. The Morgan fingerprint density at radius 1 is 1.21 bits per heavy atom. The molecule has 1 amide bonds. The Hall–Kier alpha value is -1.71. The molecular formula is C10H19N3O. The van der Waals surface area contributed by atoms with Crippen molar-refractivity contribution in [2.75, 3.05) is 0 Å². The molecule has 0 aliphatic heterocycles. The minimum absolute atomic E-state index is 0.144. The molecule has 0 unspecified atom stereocenters. The summed E-state index contributed by atoms with van der Waals surface area (Å²) in [7, 11) is 0. The van der Waals surface area contributed by atoms with Gasteiger partial charge in [-0.25, -0.2) is 0 Å². The van der Waals surface area contributed by atoms with Gasteiger partial charge in [-0.3, -0.25) is 4.79 Å². The number of amides is 1. The van der Waals surface area contributed by atoms with Crippen LogP contribution in [0.5, 0.6) is 0 Å². The molecule has 0 atom stereocenters. The summed E-state index contributed by atoms with van der Waals surface area (Å²) in [5.41, 5.74) is 16.6. The highest BCUT2D eigenvalue weighted by Crippen LogP contribution is 2.04. The van der Waals surface area contributed by atoms with E-state index in [0.29, 0.717) is 5.70 Å². The first-order chi connectivity index (χ1) is 6.54. The molecule has 0 aliphatic rings. The summed E-state index contributed by atoms with van der Waals surface area (Å²) in [6.45, 7) is 9.11. The second kappa shape index (κ2) is 7.91. The third-order valence-corrected chi connectivity index (χ3v) is 1.38. The maximum atomic E-state index is 10.7. The first kappa shape index (κ1) is 14.8. The molecule has 0 aromatic heterocycles. The van der Waals surface area contributed by atoms with Crippen LogP contribution in [0.4, 0.5) is 0 Å². The third kappa shape index (κ3) is 4.35. The van der Waals surface area contributed by atoms with Crippen LogP contribution in [0, 0.1) is 0 Å². The summed E-state index contributed by atoms with van der Waals surface area (Å²) in [4.78, 5) is 10.7. The van der Waals surface area contributed by atoms with E-state index in [1.165, 1.54) is 6.08 Å². The van der Waals surface area contributed by atoms with Gasteiger partial charge in [0, 0.05) is 0 Å². The zero-order valence-electron chi connectivity index (χ0n) is 9.00. The molecule has 0 rings (SSSR count). The first-order valence-electron chi connectivity index (χ1n) is 4.38. The van der Waals surface area contributed by atoms with Gasteiger partial charge in [-0.2, -0.15) is 0 Å². The van der Waals surface area contributed by atoms with Gasteiger partial charge in [0.1, 0.15) is 0 Å². The van der Waals surface area contributed by atoms with Gasteiger partial charge >= 0.3 is 0 Å². The van der Waals surface area contributed by atoms with E-state index in [4.69, 9.17) is 17.2 Å². The summed E-state index contributed by atoms with van der Waals surface area (Å²) in [6.07, 6.45) is 2.87. The molecule has 0 saturated carbocycles. The largest absolute Gasteiger partial charge is 0.397 e. The fourth-order valence-corrected chi connectivity index (χ4v) is 0.654. The van der Waals surface area contributed by atoms with Crippen molar-refractivity contribution in [3.8, 4) is 0 Å². The topological polar surface area (TPSA) is 95.1 Å². The molecule has 80 valence electrons. The number of carbonyl (C=O) groups excluding carboxylic acids is 1. The van der Waals surface area contributed by atoms with Crippen molar-refractivity contribution in [2.45, 2.75) is 20.8 Å². The van der Waals surface area contributed by atoms with E-state index in [9.17, 15) is 4.79 Å². The number of hydrogen-bond donors (Lipinski definition) is 3. The molecule has 0 saturated heterocycles. The van der Waals surface area contributed by atoms with Gasteiger partial charge in [0.25, 0.3) is 5.91 Å². The average molecular weight is 197 g/mol. The highest BCUT2D eigenvalue weighted by molar-refractivity contribution is 5.96. The first-order valence-corrected chi connectivity index (χ1v) is 4.38. The highest BCUT2D eigenvalue weighted by atomic mass is 16.1. The molecule has 4 heteroatoms. The lowest BCUT2D eigenvalue weighted by molar-refractivity contribution is -0.114. The SMILES string of the molecule is C=C/C(C(N)=O)=C(N)\C(N)=C/C.CC. The summed E-state index contributed by atoms with van der Waals surface area (Å²) in [6, 6.07) is 0. The van der Waals surface area contributed by atoms with Crippen LogP contribution in [0.25, 0.3) is 0 Å².